The highest BCUT2D eigenvalue weighted by Crippen LogP contribution is 2.17. The van der Waals surface area contributed by atoms with Crippen LogP contribution >= 0.6 is 0 Å². The molecule has 0 saturated heterocycles. The van der Waals surface area contributed by atoms with E-state index < -0.39 is 10.0 Å². The van der Waals surface area contributed by atoms with Gasteiger partial charge < -0.3 is 0 Å². The van der Waals surface area contributed by atoms with Crippen molar-refractivity contribution < 1.29 is 13.0 Å². The number of hydrogen-bond donors (Lipinski definition) is 0. The number of nitrogens with zero attached hydrogens (tertiary/aromatic N) is 3. The van der Waals surface area contributed by atoms with E-state index in [2.05, 4.69) is 14.9 Å². The topological polar surface area (TPSA) is 76.3 Å². The van der Waals surface area contributed by atoms with Crippen molar-refractivity contribution in [3.8, 4) is 0 Å². The van der Waals surface area contributed by atoms with Gasteiger partial charge in [0.2, 0.25) is 5.03 Å². The normalized spacial score (nSPS) is 12.2. The van der Waals surface area contributed by atoms with Gasteiger partial charge in [-0.1, -0.05) is 25.9 Å². The molecule has 16 heavy (non-hydrogen) atoms. The number of rotatable bonds is 6. The summed E-state index contributed by atoms with van der Waals surface area (Å²) in [6.45, 7) is 6.45. The van der Waals surface area contributed by atoms with Crippen LogP contribution < -0.4 is 0 Å². The molecule has 1 aromatic rings. The molecule has 0 unspecified atom stereocenters. The molecule has 0 aliphatic rings. The van der Waals surface area contributed by atoms with Gasteiger partial charge in [0.25, 0.3) is 10.0 Å². The minimum absolute atomic E-state index is 0.0506. The first-order valence-electron chi connectivity index (χ1n) is 5.39. The maximum atomic E-state index is 12.2. The summed E-state index contributed by atoms with van der Waals surface area (Å²) in [6, 6.07) is 0. The molecule has 1 rings (SSSR count). The summed E-state index contributed by atoms with van der Waals surface area (Å²) in [5, 5.41) is 7.03. The van der Waals surface area contributed by atoms with Gasteiger partial charge >= 0.3 is 0 Å². The van der Waals surface area contributed by atoms with Crippen LogP contribution in [-0.4, -0.2) is 36.1 Å². The van der Waals surface area contributed by atoms with Gasteiger partial charge in [-0.2, -0.15) is 4.31 Å². The average molecular weight is 247 g/mol. The van der Waals surface area contributed by atoms with Crippen LogP contribution in [0.25, 0.3) is 0 Å². The summed E-state index contributed by atoms with van der Waals surface area (Å²) in [5.74, 6) is 0. The Morgan fingerprint density at radius 1 is 1.25 bits per heavy atom. The van der Waals surface area contributed by atoms with Crippen LogP contribution in [0, 0.1) is 0 Å². The lowest BCUT2D eigenvalue weighted by atomic mass is 10.4. The van der Waals surface area contributed by atoms with E-state index in [4.69, 9.17) is 0 Å². The van der Waals surface area contributed by atoms with Crippen molar-refractivity contribution in [1.29, 1.82) is 0 Å². The molecule has 0 aliphatic carbocycles. The maximum Gasteiger partial charge on any atom is 0.266 e. The average Bonchev–Trinajstić information content (AvgIpc) is 2.74. The number of aromatic nitrogens is 2. The van der Waals surface area contributed by atoms with Crippen LogP contribution in [0.15, 0.2) is 9.65 Å². The van der Waals surface area contributed by atoms with Gasteiger partial charge in [-0.15, -0.1) is 0 Å². The lowest BCUT2D eigenvalue weighted by Crippen LogP contribution is -2.32. The quantitative estimate of drug-likeness (QED) is 0.751. The van der Waals surface area contributed by atoms with E-state index in [1.807, 2.05) is 13.8 Å². The molecule has 0 radical (unpaired) electrons. The third-order valence-electron chi connectivity index (χ3n) is 2.27. The van der Waals surface area contributed by atoms with Crippen LogP contribution in [-0.2, 0) is 16.4 Å². The van der Waals surface area contributed by atoms with E-state index in [0.717, 1.165) is 6.42 Å². The summed E-state index contributed by atoms with van der Waals surface area (Å²) < 4.78 is 30.2. The molecule has 0 aromatic carbocycles. The summed E-state index contributed by atoms with van der Waals surface area (Å²) in [6.07, 6.45) is 1.25. The molecule has 0 saturated carbocycles. The number of hydrogen-bond acceptors (Lipinski definition) is 5. The van der Waals surface area contributed by atoms with Crippen LogP contribution in [0.1, 0.15) is 32.9 Å². The Hall–Kier alpha value is -0.950. The molecule has 6 nitrogen and oxygen atoms in total. The Morgan fingerprint density at radius 3 is 2.44 bits per heavy atom. The Balaban J connectivity index is 3.09. The van der Waals surface area contributed by atoms with Crippen LogP contribution in [0.4, 0.5) is 0 Å². The first kappa shape index (κ1) is 13.1. The predicted octanol–water partition coefficient (Wildman–Crippen LogP) is 1.05. The highest BCUT2D eigenvalue weighted by atomic mass is 32.2. The Labute approximate surface area is 95.6 Å². The summed E-state index contributed by atoms with van der Waals surface area (Å²) in [4.78, 5) is 0. The van der Waals surface area contributed by atoms with Gasteiger partial charge in [0.05, 0.1) is 0 Å². The Morgan fingerprint density at radius 2 is 1.94 bits per heavy atom. The molecular weight excluding hydrogens is 230 g/mol. The molecule has 1 aromatic heterocycles. The van der Waals surface area contributed by atoms with E-state index in [1.165, 1.54) is 4.31 Å². The molecular formula is C9H17N3O3S. The van der Waals surface area contributed by atoms with Gasteiger partial charge in [0, 0.05) is 13.1 Å². The monoisotopic (exact) mass is 247 g/mol. The fraction of sp³-hybridized carbons (Fsp3) is 0.778. The zero-order valence-electron chi connectivity index (χ0n) is 9.80. The third-order valence-corrected chi connectivity index (χ3v) is 4.19. The molecule has 0 fully saturated rings. The minimum Gasteiger partial charge on any atom is -0.243 e. The van der Waals surface area contributed by atoms with Crippen LogP contribution in [0.2, 0.25) is 0 Å². The zero-order valence-corrected chi connectivity index (χ0v) is 10.6. The highest BCUT2D eigenvalue weighted by Gasteiger charge is 2.29. The van der Waals surface area contributed by atoms with Crippen molar-refractivity contribution in [1.82, 2.24) is 14.6 Å². The molecule has 0 spiro atoms. The molecule has 0 atom stereocenters. The minimum atomic E-state index is -3.55. The molecule has 0 amide bonds. The van der Waals surface area contributed by atoms with Crippen molar-refractivity contribution >= 4 is 10.0 Å². The summed E-state index contributed by atoms with van der Waals surface area (Å²) in [7, 11) is -3.55. The highest BCUT2D eigenvalue weighted by molar-refractivity contribution is 7.89. The smallest absolute Gasteiger partial charge is 0.243 e. The van der Waals surface area contributed by atoms with Crippen molar-refractivity contribution in [3.63, 3.8) is 0 Å². The second-order valence-corrected chi connectivity index (χ2v) is 5.22. The van der Waals surface area contributed by atoms with E-state index in [1.54, 1.807) is 6.92 Å². The standard InChI is InChI=1S/C9H17N3O3S/c1-4-7-12(6-3)16(13,14)9-8(5-2)10-15-11-9/h4-7H2,1-3H3. The zero-order chi connectivity index (χ0) is 12.2. The van der Waals surface area contributed by atoms with Gasteiger partial charge in [-0.3, -0.25) is 0 Å². The number of sulfonamides is 1. The van der Waals surface area contributed by atoms with Crippen molar-refractivity contribution in [2.24, 2.45) is 0 Å². The predicted molar refractivity (Wildman–Crippen MR) is 58.4 cm³/mol. The van der Waals surface area contributed by atoms with Crippen LogP contribution in [0.5, 0.6) is 0 Å². The Bertz CT molecular complexity index is 427. The fourth-order valence-electron chi connectivity index (χ4n) is 1.43. The van der Waals surface area contributed by atoms with Gasteiger partial charge in [0.1, 0.15) is 5.69 Å². The van der Waals surface area contributed by atoms with Gasteiger partial charge in [0.15, 0.2) is 0 Å². The summed E-state index contributed by atoms with van der Waals surface area (Å²) >= 11 is 0. The second kappa shape index (κ2) is 5.40. The maximum absolute atomic E-state index is 12.2. The summed E-state index contributed by atoms with van der Waals surface area (Å²) in [5.41, 5.74) is 0.384. The van der Waals surface area contributed by atoms with Crippen molar-refractivity contribution in [3.05, 3.63) is 5.69 Å². The lowest BCUT2D eigenvalue weighted by molar-refractivity contribution is 0.293. The molecule has 0 N–H and O–H groups in total. The first-order chi connectivity index (χ1) is 7.57. The second-order valence-electron chi connectivity index (χ2n) is 3.37. The van der Waals surface area contributed by atoms with E-state index in [-0.39, 0.29) is 5.03 Å². The molecule has 7 heteroatoms. The van der Waals surface area contributed by atoms with Gasteiger partial charge in [-0.05, 0) is 18.0 Å². The van der Waals surface area contributed by atoms with Crippen molar-refractivity contribution in [2.75, 3.05) is 13.1 Å². The Kier molecular flexibility index (Phi) is 4.43. The van der Waals surface area contributed by atoms with Crippen LogP contribution in [0.3, 0.4) is 0 Å². The molecule has 1 heterocycles. The molecule has 92 valence electrons. The van der Waals surface area contributed by atoms with E-state index in [9.17, 15) is 8.42 Å². The molecule has 0 aliphatic heterocycles. The fourth-order valence-corrected chi connectivity index (χ4v) is 3.04. The lowest BCUT2D eigenvalue weighted by Gasteiger charge is -2.17. The van der Waals surface area contributed by atoms with Gasteiger partial charge in [-0.25, -0.2) is 13.0 Å². The number of aryl methyl sites for hydroxylation is 1. The SMILES string of the molecule is CCCN(CC)S(=O)(=O)c1nonc1CC. The van der Waals surface area contributed by atoms with E-state index >= 15 is 0 Å². The largest absolute Gasteiger partial charge is 0.266 e. The third kappa shape index (κ3) is 2.41. The van der Waals surface area contributed by atoms with Crippen molar-refractivity contribution in [2.45, 2.75) is 38.6 Å². The molecule has 0 bridgehead atoms. The first-order valence-corrected chi connectivity index (χ1v) is 6.83. The van der Waals surface area contributed by atoms with E-state index in [0.29, 0.717) is 25.2 Å².